The maximum atomic E-state index is 12.2. The number of esters is 1. The summed E-state index contributed by atoms with van der Waals surface area (Å²) >= 11 is 0. The van der Waals surface area contributed by atoms with E-state index in [4.69, 9.17) is 4.74 Å². The number of carbonyl (C=O) groups is 1. The lowest BCUT2D eigenvalue weighted by atomic mass is 9.89. The van der Waals surface area contributed by atoms with Gasteiger partial charge >= 0.3 is 5.97 Å². The molecule has 1 aliphatic rings. The molecule has 2 atom stereocenters. The van der Waals surface area contributed by atoms with Crippen molar-refractivity contribution in [3.63, 3.8) is 0 Å². The summed E-state index contributed by atoms with van der Waals surface area (Å²) in [6.45, 7) is 7.27. The van der Waals surface area contributed by atoms with E-state index in [2.05, 4.69) is 17.4 Å². The number of rotatable bonds is 2. The van der Waals surface area contributed by atoms with Gasteiger partial charge in [0.05, 0.1) is 5.92 Å². The van der Waals surface area contributed by atoms with Crippen LogP contribution < -0.4 is 5.32 Å². The molecule has 0 aromatic heterocycles. The molecule has 1 aliphatic heterocycles. The van der Waals surface area contributed by atoms with Crippen molar-refractivity contribution in [3.8, 4) is 0 Å². The molecule has 3 nitrogen and oxygen atoms in total. The minimum absolute atomic E-state index is 0.0772. The molecule has 1 aromatic carbocycles. The van der Waals surface area contributed by atoms with E-state index in [0.29, 0.717) is 6.54 Å². The van der Waals surface area contributed by atoms with Crippen LogP contribution in [0.5, 0.6) is 0 Å². The van der Waals surface area contributed by atoms with E-state index < -0.39 is 5.60 Å². The van der Waals surface area contributed by atoms with Crippen molar-refractivity contribution in [2.75, 3.05) is 13.1 Å². The van der Waals surface area contributed by atoms with Gasteiger partial charge in [-0.05, 0) is 26.3 Å². The topological polar surface area (TPSA) is 38.3 Å². The van der Waals surface area contributed by atoms with Crippen LogP contribution in [-0.2, 0) is 9.53 Å². The molecule has 0 unspecified atom stereocenters. The van der Waals surface area contributed by atoms with Crippen molar-refractivity contribution in [1.29, 1.82) is 0 Å². The molecule has 0 radical (unpaired) electrons. The zero-order valence-electron chi connectivity index (χ0n) is 11.3. The van der Waals surface area contributed by atoms with Gasteiger partial charge in [0.1, 0.15) is 5.60 Å². The first-order chi connectivity index (χ1) is 8.47. The van der Waals surface area contributed by atoms with Crippen LogP contribution in [0.4, 0.5) is 0 Å². The number of carbonyl (C=O) groups excluding carboxylic acids is 1. The molecule has 18 heavy (non-hydrogen) atoms. The molecule has 98 valence electrons. The molecule has 0 amide bonds. The Balaban J connectivity index is 2.11. The average Bonchev–Trinajstić information content (AvgIpc) is 2.76. The lowest BCUT2D eigenvalue weighted by Gasteiger charge is -2.24. The van der Waals surface area contributed by atoms with E-state index in [-0.39, 0.29) is 17.8 Å². The fourth-order valence-corrected chi connectivity index (χ4v) is 2.35. The summed E-state index contributed by atoms with van der Waals surface area (Å²) in [4.78, 5) is 12.2. The van der Waals surface area contributed by atoms with Gasteiger partial charge in [0.25, 0.3) is 0 Å². The van der Waals surface area contributed by atoms with Gasteiger partial charge in [-0.2, -0.15) is 0 Å². The highest BCUT2D eigenvalue weighted by molar-refractivity contribution is 5.75. The highest BCUT2D eigenvalue weighted by atomic mass is 16.6. The van der Waals surface area contributed by atoms with Gasteiger partial charge in [0.15, 0.2) is 0 Å². The van der Waals surface area contributed by atoms with E-state index in [1.54, 1.807) is 0 Å². The zero-order chi connectivity index (χ0) is 13.2. The molecular weight excluding hydrogens is 226 g/mol. The SMILES string of the molecule is CC(C)(C)OC(=O)[C@H]1CNC[C@@H]1c1ccccc1. The summed E-state index contributed by atoms with van der Waals surface area (Å²) in [6.07, 6.45) is 0. The van der Waals surface area contributed by atoms with Gasteiger partial charge in [-0.25, -0.2) is 0 Å². The van der Waals surface area contributed by atoms with Crippen LogP contribution in [0.15, 0.2) is 30.3 Å². The van der Waals surface area contributed by atoms with Crippen LogP contribution in [-0.4, -0.2) is 24.7 Å². The molecule has 1 fully saturated rings. The highest BCUT2D eigenvalue weighted by Gasteiger charge is 2.36. The van der Waals surface area contributed by atoms with Gasteiger partial charge in [0.2, 0.25) is 0 Å². The van der Waals surface area contributed by atoms with Crippen molar-refractivity contribution in [3.05, 3.63) is 35.9 Å². The first kappa shape index (κ1) is 13.1. The molecule has 0 aliphatic carbocycles. The monoisotopic (exact) mass is 247 g/mol. The summed E-state index contributed by atoms with van der Waals surface area (Å²) in [5.74, 6) is 0.0500. The molecule has 1 saturated heterocycles. The maximum Gasteiger partial charge on any atom is 0.311 e. The molecule has 1 heterocycles. The summed E-state index contributed by atoms with van der Waals surface area (Å²) in [6, 6.07) is 10.2. The Labute approximate surface area is 109 Å². The molecular formula is C15H21NO2. The average molecular weight is 247 g/mol. The van der Waals surface area contributed by atoms with Crippen LogP contribution in [0.1, 0.15) is 32.3 Å². The predicted molar refractivity (Wildman–Crippen MR) is 71.4 cm³/mol. The van der Waals surface area contributed by atoms with E-state index in [9.17, 15) is 4.79 Å². The Morgan fingerprint density at radius 3 is 2.50 bits per heavy atom. The highest BCUT2D eigenvalue weighted by Crippen LogP contribution is 2.29. The Morgan fingerprint density at radius 1 is 1.22 bits per heavy atom. The number of benzene rings is 1. The minimum atomic E-state index is -0.416. The molecule has 1 aromatic rings. The third kappa shape index (κ3) is 3.10. The molecule has 1 N–H and O–H groups in total. The Morgan fingerprint density at radius 2 is 1.89 bits per heavy atom. The molecule has 0 bridgehead atoms. The van der Waals surface area contributed by atoms with E-state index >= 15 is 0 Å². The van der Waals surface area contributed by atoms with Crippen molar-refractivity contribution in [1.82, 2.24) is 5.32 Å². The zero-order valence-corrected chi connectivity index (χ0v) is 11.3. The minimum Gasteiger partial charge on any atom is -0.460 e. The van der Waals surface area contributed by atoms with Gasteiger partial charge in [-0.1, -0.05) is 30.3 Å². The molecule has 2 rings (SSSR count). The fraction of sp³-hybridized carbons (Fsp3) is 0.533. The second-order valence-corrected chi connectivity index (χ2v) is 5.82. The number of hydrogen-bond donors (Lipinski definition) is 1. The summed E-state index contributed by atoms with van der Waals surface area (Å²) in [5.41, 5.74) is 0.791. The summed E-state index contributed by atoms with van der Waals surface area (Å²) in [7, 11) is 0. The second kappa shape index (κ2) is 5.11. The lowest BCUT2D eigenvalue weighted by molar-refractivity contribution is -0.159. The normalized spacial score (nSPS) is 23.9. The third-order valence-electron chi connectivity index (χ3n) is 3.15. The van der Waals surface area contributed by atoms with Crippen molar-refractivity contribution in [2.24, 2.45) is 5.92 Å². The summed E-state index contributed by atoms with van der Waals surface area (Å²) < 4.78 is 5.49. The van der Waals surface area contributed by atoms with Crippen LogP contribution in [0.25, 0.3) is 0 Å². The standard InChI is InChI=1S/C15H21NO2/c1-15(2,3)18-14(17)13-10-16-9-12(13)11-7-5-4-6-8-11/h4-8,12-13,16H,9-10H2,1-3H3/t12-,13+/m1/s1. The predicted octanol–water partition coefficient (Wildman–Crippen LogP) is 2.33. The Kier molecular flexibility index (Phi) is 3.71. The Bertz CT molecular complexity index is 408. The van der Waals surface area contributed by atoms with Crippen LogP contribution >= 0.6 is 0 Å². The first-order valence-electron chi connectivity index (χ1n) is 6.46. The quantitative estimate of drug-likeness (QED) is 0.815. The summed E-state index contributed by atoms with van der Waals surface area (Å²) in [5, 5.41) is 3.29. The smallest absolute Gasteiger partial charge is 0.311 e. The second-order valence-electron chi connectivity index (χ2n) is 5.82. The Hall–Kier alpha value is -1.35. The van der Waals surface area contributed by atoms with Crippen molar-refractivity contribution >= 4 is 5.97 Å². The van der Waals surface area contributed by atoms with Gasteiger partial charge in [0, 0.05) is 19.0 Å². The van der Waals surface area contributed by atoms with E-state index in [1.807, 2.05) is 39.0 Å². The van der Waals surface area contributed by atoms with Gasteiger partial charge < -0.3 is 10.1 Å². The van der Waals surface area contributed by atoms with Gasteiger partial charge in [-0.15, -0.1) is 0 Å². The number of nitrogens with one attached hydrogen (secondary N) is 1. The van der Waals surface area contributed by atoms with Crippen molar-refractivity contribution < 1.29 is 9.53 Å². The van der Waals surface area contributed by atoms with E-state index in [0.717, 1.165) is 6.54 Å². The third-order valence-corrected chi connectivity index (χ3v) is 3.15. The van der Waals surface area contributed by atoms with E-state index in [1.165, 1.54) is 5.56 Å². The van der Waals surface area contributed by atoms with Gasteiger partial charge in [-0.3, -0.25) is 4.79 Å². The molecule has 0 spiro atoms. The van der Waals surface area contributed by atoms with Crippen LogP contribution in [0.2, 0.25) is 0 Å². The van der Waals surface area contributed by atoms with Crippen LogP contribution in [0, 0.1) is 5.92 Å². The fourth-order valence-electron chi connectivity index (χ4n) is 2.35. The largest absolute Gasteiger partial charge is 0.460 e. The maximum absolute atomic E-state index is 12.2. The number of hydrogen-bond acceptors (Lipinski definition) is 3. The lowest BCUT2D eigenvalue weighted by Crippen LogP contribution is -2.31. The first-order valence-corrected chi connectivity index (χ1v) is 6.46. The molecule has 3 heteroatoms. The van der Waals surface area contributed by atoms with Crippen LogP contribution in [0.3, 0.4) is 0 Å². The molecule has 0 saturated carbocycles. The number of ether oxygens (including phenoxy) is 1. The van der Waals surface area contributed by atoms with Crippen molar-refractivity contribution in [2.45, 2.75) is 32.3 Å².